The second kappa shape index (κ2) is 9.62. The number of rotatable bonds is 8. The quantitative estimate of drug-likeness (QED) is 0.658. The van der Waals surface area contributed by atoms with Crippen molar-refractivity contribution in [2.24, 2.45) is 0 Å². The molecule has 0 aromatic heterocycles. The van der Waals surface area contributed by atoms with E-state index in [0.29, 0.717) is 6.54 Å². The van der Waals surface area contributed by atoms with E-state index in [1.165, 1.54) is 14.1 Å². The highest BCUT2D eigenvalue weighted by Crippen LogP contribution is 2.18. The van der Waals surface area contributed by atoms with Crippen LogP contribution in [0.1, 0.15) is 28.8 Å². The first-order valence-electron chi connectivity index (χ1n) is 8.83. The first-order valence-corrected chi connectivity index (χ1v) is 10.3. The number of nitrogens with zero attached hydrogens (tertiary/aromatic N) is 1. The zero-order valence-corrected chi connectivity index (χ0v) is 17.2. The van der Waals surface area contributed by atoms with Crippen LogP contribution in [0.5, 0.6) is 0 Å². The molecule has 2 aromatic rings. The van der Waals surface area contributed by atoms with Gasteiger partial charge in [0.05, 0.1) is 10.5 Å². The van der Waals surface area contributed by atoms with Gasteiger partial charge in [0, 0.05) is 20.6 Å². The maximum Gasteiger partial charge on any atom is 0.341 e. The number of hydrogen-bond acceptors (Lipinski definition) is 5. The lowest BCUT2D eigenvalue weighted by atomic mass is 10.0. The van der Waals surface area contributed by atoms with Crippen LogP contribution in [-0.2, 0) is 19.6 Å². The third-order valence-electron chi connectivity index (χ3n) is 4.24. The Labute approximate surface area is 169 Å². The molecule has 0 radical (unpaired) electrons. The second-order valence-electron chi connectivity index (χ2n) is 6.62. The van der Waals surface area contributed by atoms with Crippen LogP contribution in [0.4, 0.5) is 4.39 Å². The van der Waals surface area contributed by atoms with E-state index in [-0.39, 0.29) is 10.8 Å². The average molecular weight is 422 g/mol. The summed E-state index contributed by atoms with van der Waals surface area (Å²) in [5.41, 5.74) is 0.490. The molecular formula is C20H23FN2O5S. The van der Waals surface area contributed by atoms with Crippen molar-refractivity contribution in [1.29, 1.82) is 0 Å². The molecule has 0 heterocycles. The van der Waals surface area contributed by atoms with Gasteiger partial charge in [0.15, 0.2) is 6.61 Å². The molecule has 7 nitrogen and oxygen atoms in total. The molecule has 29 heavy (non-hydrogen) atoms. The molecule has 0 aliphatic rings. The molecule has 1 N–H and O–H groups in total. The van der Waals surface area contributed by atoms with Gasteiger partial charge in [-0.1, -0.05) is 37.3 Å². The first-order chi connectivity index (χ1) is 13.6. The number of carbonyl (C=O) groups excluding carboxylic acids is 2. The first kappa shape index (κ1) is 22.5. The zero-order chi connectivity index (χ0) is 21.6. The van der Waals surface area contributed by atoms with Crippen LogP contribution in [-0.4, -0.2) is 51.8 Å². The van der Waals surface area contributed by atoms with Gasteiger partial charge in [-0.2, -0.15) is 0 Å². The van der Waals surface area contributed by atoms with Crippen molar-refractivity contribution in [2.45, 2.75) is 17.7 Å². The Kier molecular flexibility index (Phi) is 7.46. The Hall–Kier alpha value is -2.78. The van der Waals surface area contributed by atoms with Gasteiger partial charge < -0.3 is 10.1 Å². The summed E-state index contributed by atoms with van der Waals surface area (Å²) in [5.74, 6) is -2.55. The summed E-state index contributed by atoms with van der Waals surface area (Å²) in [6.07, 6.45) is 0. The van der Waals surface area contributed by atoms with E-state index < -0.39 is 39.9 Å². The van der Waals surface area contributed by atoms with Crippen molar-refractivity contribution in [1.82, 2.24) is 9.62 Å². The molecule has 2 rings (SSSR count). The van der Waals surface area contributed by atoms with E-state index in [2.05, 4.69) is 5.32 Å². The smallest absolute Gasteiger partial charge is 0.341 e. The summed E-state index contributed by atoms with van der Waals surface area (Å²) in [4.78, 5) is 23.8. The fourth-order valence-corrected chi connectivity index (χ4v) is 3.39. The molecule has 9 heteroatoms. The maximum atomic E-state index is 14.0. The van der Waals surface area contributed by atoms with Crippen LogP contribution >= 0.6 is 0 Å². The molecule has 1 atom stereocenters. The number of amides is 1. The van der Waals surface area contributed by atoms with Crippen molar-refractivity contribution >= 4 is 21.9 Å². The van der Waals surface area contributed by atoms with Gasteiger partial charge in [-0.15, -0.1) is 0 Å². The molecular weight excluding hydrogens is 399 g/mol. The number of hydrogen-bond donors (Lipinski definition) is 1. The van der Waals surface area contributed by atoms with Crippen molar-refractivity contribution in [3.05, 3.63) is 65.5 Å². The highest BCUT2D eigenvalue weighted by molar-refractivity contribution is 7.89. The van der Waals surface area contributed by atoms with Gasteiger partial charge in [0.25, 0.3) is 5.91 Å². The van der Waals surface area contributed by atoms with E-state index in [4.69, 9.17) is 4.74 Å². The zero-order valence-electron chi connectivity index (χ0n) is 16.4. The molecule has 2 aromatic carbocycles. The fraction of sp³-hybridized carbons (Fsp3) is 0.300. The minimum atomic E-state index is -3.85. The van der Waals surface area contributed by atoms with Crippen molar-refractivity contribution < 1.29 is 27.1 Å². The van der Waals surface area contributed by atoms with E-state index >= 15 is 0 Å². The number of benzene rings is 2. The minimum absolute atomic E-state index is 0.0567. The van der Waals surface area contributed by atoms with Crippen LogP contribution < -0.4 is 5.32 Å². The number of nitrogens with one attached hydrogen (secondary N) is 1. The summed E-state index contributed by atoms with van der Waals surface area (Å²) in [6.45, 7) is 1.67. The van der Waals surface area contributed by atoms with Gasteiger partial charge in [0.1, 0.15) is 5.82 Å². The number of halogens is 1. The molecule has 0 spiro atoms. The van der Waals surface area contributed by atoms with Crippen molar-refractivity contribution in [2.75, 3.05) is 27.2 Å². The van der Waals surface area contributed by atoms with Gasteiger partial charge >= 0.3 is 5.97 Å². The molecule has 0 aliphatic carbocycles. The molecule has 0 unspecified atom stereocenters. The minimum Gasteiger partial charge on any atom is -0.452 e. The van der Waals surface area contributed by atoms with Crippen LogP contribution in [0, 0.1) is 5.82 Å². The van der Waals surface area contributed by atoms with Crippen LogP contribution in [0.3, 0.4) is 0 Å². The summed E-state index contributed by atoms with van der Waals surface area (Å²) >= 11 is 0. The Morgan fingerprint density at radius 1 is 1.14 bits per heavy atom. The predicted molar refractivity (Wildman–Crippen MR) is 105 cm³/mol. The van der Waals surface area contributed by atoms with Crippen LogP contribution in [0.15, 0.2) is 53.4 Å². The SMILES string of the molecule is C[C@@H](CNC(=O)COC(=O)c1cc(S(=O)(=O)N(C)C)ccc1F)c1ccccc1. The van der Waals surface area contributed by atoms with Gasteiger partial charge in [-0.05, 0) is 29.7 Å². The van der Waals surface area contributed by atoms with Gasteiger partial charge in [-0.3, -0.25) is 4.79 Å². The van der Waals surface area contributed by atoms with Crippen LogP contribution in [0.2, 0.25) is 0 Å². The Balaban J connectivity index is 1.96. The lowest BCUT2D eigenvalue weighted by Crippen LogP contribution is -2.31. The monoisotopic (exact) mass is 422 g/mol. The molecule has 0 fully saturated rings. The second-order valence-corrected chi connectivity index (χ2v) is 8.77. The summed E-state index contributed by atoms with van der Waals surface area (Å²) in [6, 6.07) is 12.4. The summed E-state index contributed by atoms with van der Waals surface area (Å²) in [7, 11) is -1.21. The van der Waals surface area contributed by atoms with E-state index in [1.807, 2.05) is 37.3 Å². The standard InChI is InChI=1S/C20H23FN2O5S/c1-14(15-7-5-4-6-8-15)12-22-19(24)13-28-20(25)17-11-16(9-10-18(17)21)29(26,27)23(2)3/h4-11,14H,12-13H2,1-3H3,(H,22,24)/t14-/m0/s1. The number of sulfonamides is 1. The van der Waals surface area contributed by atoms with Crippen molar-refractivity contribution in [3.63, 3.8) is 0 Å². The number of esters is 1. The lowest BCUT2D eigenvalue weighted by Gasteiger charge is -2.14. The largest absolute Gasteiger partial charge is 0.452 e. The number of ether oxygens (including phenoxy) is 1. The maximum absolute atomic E-state index is 14.0. The van der Waals surface area contributed by atoms with E-state index in [9.17, 15) is 22.4 Å². The molecule has 0 bridgehead atoms. The highest BCUT2D eigenvalue weighted by atomic mass is 32.2. The van der Waals surface area contributed by atoms with Crippen molar-refractivity contribution in [3.8, 4) is 0 Å². The molecule has 0 saturated carbocycles. The lowest BCUT2D eigenvalue weighted by molar-refractivity contribution is -0.124. The summed E-state index contributed by atoms with van der Waals surface area (Å²) in [5, 5.41) is 2.64. The van der Waals surface area contributed by atoms with Gasteiger partial charge in [-0.25, -0.2) is 21.9 Å². The van der Waals surface area contributed by atoms with E-state index in [1.54, 1.807) is 0 Å². The topological polar surface area (TPSA) is 92.8 Å². The Morgan fingerprint density at radius 3 is 2.41 bits per heavy atom. The Bertz CT molecular complexity index is 978. The number of carbonyl (C=O) groups is 2. The molecule has 156 valence electrons. The highest BCUT2D eigenvalue weighted by Gasteiger charge is 2.22. The average Bonchev–Trinajstić information content (AvgIpc) is 2.70. The third kappa shape index (κ3) is 5.85. The van der Waals surface area contributed by atoms with E-state index in [0.717, 1.165) is 28.1 Å². The Morgan fingerprint density at radius 2 is 1.79 bits per heavy atom. The van der Waals surface area contributed by atoms with Gasteiger partial charge in [0.2, 0.25) is 10.0 Å². The molecule has 1 amide bonds. The van der Waals surface area contributed by atoms with Crippen LogP contribution in [0.25, 0.3) is 0 Å². The third-order valence-corrected chi connectivity index (χ3v) is 6.06. The predicted octanol–water partition coefficient (Wildman–Crippen LogP) is 2.15. The molecule has 0 aliphatic heterocycles. The normalized spacial score (nSPS) is 12.4. The summed E-state index contributed by atoms with van der Waals surface area (Å²) < 4.78 is 44.0. The fourth-order valence-electron chi connectivity index (χ4n) is 2.46. The molecule has 0 saturated heterocycles.